The lowest BCUT2D eigenvalue weighted by Crippen LogP contribution is -2.34. The van der Waals surface area contributed by atoms with Gasteiger partial charge in [-0.2, -0.15) is 0 Å². The molecule has 0 bridgehead atoms. The molecule has 1 aromatic heterocycles. The van der Waals surface area contributed by atoms with Crippen molar-refractivity contribution in [3.8, 4) is 0 Å². The van der Waals surface area contributed by atoms with Gasteiger partial charge in [0.15, 0.2) is 9.84 Å². The molecule has 1 aliphatic rings. The summed E-state index contributed by atoms with van der Waals surface area (Å²) in [5, 5.41) is -0.884. The second-order valence-corrected chi connectivity index (χ2v) is 8.85. The highest BCUT2D eigenvalue weighted by atomic mass is 32.2. The summed E-state index contributed by atoms with van der Waals surface area (Å²) in [4.78, 5) is 22.6. The lowest BCUT2D eigenvalue weighted by Gasteiger charge is -2.18. The molecule has 0 radical (unpaired) electrons. The van der Waals surface area contributed by atoms with E-state index in [4.69, 9.17) is 0 Å². The van der Waals surface area contributed by atoms with Gasteiger partial charge in [0.05, 0.1) is 21.5 Å². The van der Waals surface area contributed by atoms with E-state index in [0.29, 0.717) is 24.0 Å². The van der Waals surface area contributed by atoms with Crippen LogP contribution in [0.4, 0.5) is 0 Å². The van der Waals surface area contributed by atoms with Crippen molar-refractivity contribution in [3.05, 3.63) is 36.2 Å². The molecular formula is C16H19N3O3S. The van der Waals surface area contributed by atoms with Crippen LogP contribution in [0.2, 0.25) is 0 Å². The second-order valence-electron chi connectivity index (χ2n) is 6.06. The van der Waals surface area contributed by atoms with E-state index >= 15 is 0 Å². The van der Waals surface area contributed by atoms with Crippen LogP contribution >= 0.6 is 0 Å². The Balaban J connectivity index is 1.81. The van der Waals surface area contributed by atoms with Crippen molar-refractivity contribution in [1.82, 2.24) is 14.9 Å². The van der Waals surface area contributed by atoms with Crippen molar-refractivity contribution in [2.45, 2.75) is 30.8 Å². The highest BCUT2D eigenvalue weighted by Gasteiger charge is 2.36. The van der Waals surface area contributed by atoms with Crippen LogP contribution in [0.15, 0.2) is 30.6 Å². The first-order valence-corrected chi connectivity index (χ1v) is 9.23. The topological polar surface area (TPSA) is 80.2 Å². The van der Waals surface area contributed by atoms with E-state index in [0.717, 1.165) is 5.52 Å². The van der Waals surface area contributed by atoms with Crippen LogP contribution in [0.25, 0.3) is 11.0 Å². The normalized spacial score (nSPS) is 18.7. The van der Waals surface area contributed by atoms with Crippen molar-refractivity contribution in [2.75, 3.05) is 13.1 Å². The van der Waals surface area contributed by atoms with E-state index in [-0.39, 0.29) is 12.5 Å². The zero-order chi connectivity index (χ0) is 16.6. The van der Waals surface area contributed by atoms with Gasteiger partial charge in [0.25, 0.3) is 5.91 Å². The van der Waals surface area contributed by atoms with Gasteiger partial charge < -0.3 is 4.90 Å². The molecule has 0 aliphatic carbocycles. The number of carbonyl (C=O) groups excluding carboxylic acids is 1. The number of hydrogen-bond acceptors (Lipinski definition) is 5. The molecule has 3 rings (SSSR count). The Kier molecular flexibility index (Phi) is 4.06. The molecule has 1 aliphatic heterocycles. The number of benzene rings is 1. The number of sulfone groups is 1. The third-order valence-corrected chi connectivity index (χ3v) is 6.90. The van der Waals surface area contributed by atoms with Gasteiger partial charge in [-0.15, -0.1) is 0 Å². The number of nitrogens with zero attached hydrogens (tertiary/aromatic N) is 3. The third kappa shape index (κ3) is 2.93. The van der Waals surface area contributed by atoms with Crippen LogP contribution in [0.3, 0.4) is 0 Å². The molecule has 1 aromatic carbocycles. The van der Waals surface area contributed by atoms with Crippen molar-refractivity contribution < 1.29 is 13.2 Å². The summed E-state index contributed by atoms with van der Waals surface area (Å²) in [5.74, 6) is -0.154. The van der Waals surface area contributed by atoms with E-state index in [2.05, 4.69) is 9.97 Å². The number of fused-ring (bicyclic) bond motifs is 1. The largest absolute Gasteiger partial charge is 0.337 e. The first-order chi connectivity index (χ1) is 10.9. The predicted molar refractivity (Wildman–Crippen MR) is 87.9 cm³/mol. The zero-order valence-electron chi connectivity index (χ0n) is 13.1. The summed E-state index contributed by atoms with van der Waals surface area (Å²) < 4.78 is 24.5. The Labute approximate surface area is 135 Å². The molecule has 6 nitrogen and oxygen atoms in total. The van der Waals surface area contributed by atoms with E-state index in [1.807, 2.05) is 0 Å². The van der Waals surface area contributed by atoms with E-state index in [1.54, 1.807) is 49.3 Å². The molecule has 1 fully saturated rings. The smallest absolute Gasteiger partial charge is 0.253 e. The summed E-state index contributed by atoms with van der Waals surface area (Å²) in [5.41, 5.74) is 1.90. The molecule has 2 aromatic rings. The monoisotopic (exact) mass is 333 g/mol. The predicted octanol–water partition coefficient (Wildman–Crippen LogP) is 1.67. The fourth-order valence-corrected chi connectivity index (χ4v) is 4.44. The van der Waals surface area contributed by atoms with Crippen LogP contribution < -0.4 is 0 Å². The Morgan fingerprint density at radius 1 is 1.22 bits per heavy atom. The van der Waals surface area contributed by atoms with Crippen molar-refractivity contribution in [2.24, 2.45) is 0 Å². The first kappa shape index (κ1) is 15.9. The molecule has 0 saturated carbocycles. The molecule has 7 heteroatoms. The second kappa shape index (κ2) is 5.88. The molecule has 1 saturated heterocycles. The van der Waals surface area contributed by atoms with Gasteiger partial charge in [-0.25, -0.2) is 8.42 Å². The summed E-state index contributed by atoms with van der Waals surface area (Å²) in [7, 11) is -3.18. The molecule has 0 spiro atoms. The van der Waals surface area contributed by atoms with Crippen LogP contribution in [0.5, 0.6) is 0 Å². The Morgan fingerprint density at radius 2 is 1.91 bits per heavy atom. The summed E-state index contributed by atoms with van der Waals surface area (Å²) >= 11 is 0. The van der Waals surface area contributed by atoms with E-state index in [1.165, 1.54) is 0 Å². The Morgan fingerprint density at radius 3 is 2.61 bits per heavy atom. The molecule has 1 unspecified atom stereocenters. The average Bonchev–Trinajstić information content (AvgIpc) is 3.04. The van der Waals surface area contributed by atoms with Gasteiger partial charge in [0.1, 0.15) is 0 Å². The van der Waals surface area contributed by atoms with Crippen molar-refractivity contribution in [1.29, 1.82) is 0 Å². The molecule has 2 heterocycles. The van der Waals surface area contributed by atoms with Crippen LogP contribution in [-0.4, -0.2) is 52.8 Å². The highest BCUT2D eigenvalue weighted by molar-refractivity contribution is 7.92. The van der Waals surface area contributed by atoms with Crippen LogP contribution in [0.1, 0.15) is 30.6 Å². The van der Waals surface area contributed by atoms with Gasteiger partial charge in [0, 0.05) is 31.0 Å². The Hall–Kier alpha value is -2.02. The van der Waals surface area contributed by atoms with Gasteiger partial charge in [-0.3, -0.25) is 14.8 Å². The van der Waals surface area contributed by atoms with Gasteiger partial charge in [0.2, 0.25) is 0 Å². The minimum Gasteiger partial charge on any atom is -0.337 e. The summed E-state index contributed by atoms with van der Waals surface area (Å²) in [6.45, 7) is 4.09. The minimum absolute atomic E-state index is 0.154. The van der Waals surface area contributed by atoms with E-state index in [9.17, 15) is 13.2 Å². The lowest BCUT2D eigenvalue weighted by atomic mass is 10.1. The fourth-order valence-electron chi connectivity index (χ4n) is 2.84. The quantitative estimate of drug-likeness (QED) is 0.853. The van der Waals surface area contributed by atoms with Gasteiger partial charge >= 0.3 is 0 Å². The maximum Gasteiger partial charge on any atom is 0.253 e. The van der Waals surface area contributed by atoms with Gasteiger partial charge in [-0.1, -0.05) is 0 Å². The standard InChI is InChI=1S/C16H19N3O3S/c1-11(2)23(21,22)13-5-8-19(10-13)16(20)12-3-4-14-15(9-12)18-7-6-17-14/h3-4,6-7,9,11,13H,5,8,10H2,1-2H3. The minimum atomic E-state index is -3.18. The summed E-state index contributed by atoms with van der Waals surface area (Å²) in [6.07, 6.45) is 3.68. The maximum absolute atomic E-state index is 12.6. The number of amides is 1. The van der Waals surface area contributed by atoms with Crippen LogP contribution in [-0.2, 0) is 9.84 Å². The molecule has 1 atom stereocenters. The van der Waals surface area contributed by atoms with Crippen molar-refractivity contribution in [3.63, 3.8) is 0 Å². The maximum atomic E-state index is 12.6. The molecule has 0 N–H and O–H groups in total. The number of carbonyl (C=O) groups is 1. The first-order valence-electron chi connectivity index (χ1n) is 7.62. The number of hydrogen-bond donors (Lipinski definition) is 0. The number of likely N-dealkylation sites (tertiary alicyclic amines) is 1. The third-order valence-electron chi connectivity index (χ3n) is 4.27. The van der Waals surface area contributed by atoms with Gasteiger partial charge in [-0.05, 0) is 38.5 Å². The zero-order valence-corrected chi connectivity index (χ0v) is 14.0. The molecule has 122 valence electrons. The SMILES string of the molecule is CC(C)S(=O)(=O)C1CCN(C(=O)c2ccc3nccnc3c2)C1. The Bertz CT molecular complexity index is 849. The average molecular weight is 333 g/mol. The highest BCUT2D eigenvalue weighted by Crippen LogP contribution is 2.23. The number of aromatic nitrogens is 2. The lowest BCUT2D eigenvalue weighted by molar-refractivity contribution is 0.0793. The van der Waals surface area contributed by atoms with Crippen LogP contribution in [0, 0.1) is 0 Å². The molecular weight excluding hydrogens is 314 g/mol. The molecule has 23 heavy (non-hydrogen) atoms. The van der Waals surface area contributed by atoms with E-state index < -0.39 is 20.3 Å². The van der Waals surface area contributed by atoms with Crippen molar-refractivity contribution >= 4 is 26.8 Å². The summed E-state index contributed by atoms with van der Waals surface area (Å²) in [6, 6.07) is 5.17. The fraction of sp³-hybridized carbons (Fsp3) is 0.438. The molecule has 1 amide bonds. The number of rotatable bonds is 3.